The first-order chi connectivity index (χ1) is 7.25. The van der Waals surface area contributed by atoms with Crippen LogP contribution in [0.3, 0.4) is 0 Å². The molecule has 0 fully saturated rings. The molecule has 15 heavy (non-hydrogen) atoms. The monoisotopic (exact) mass is 201 g/mol. The van der Waals surface area contributed by atoms with Gasteiger partial charge in [-0.1, -0.05) is 6.07 Å². The van der Waals surface area contributed by atoms with E-state index in [0.717, 1.165) is 23.8 Å². The molecule has 1 aromatic heterocycles. The average Bonchev–Trinajstić information content (AvgIpc) is 2.67. The fourth-order valence-electron chi connectivity index (χ4n) is 1.33. The summed E-state index contributed by atoms with van der Waals surface area (Å²) in [4.78, 5) is 10.7. The summed E-state index contributed by atoms with van der Waals surface area (Å²) in [5.41, 5.74) is 1.71. The fraction of sp³-hybridized carbons (Fsp3) is 0.273. The van der Waals surface area contributed by atoms with E-state index in [1.807, 2.05) is 37.2 Å². The number of nitrogens with zero attached hydrogens (tertiary/aromatic N) is 4. The van der Waals surface area contributed by atoms with Gasteiger partial charge in [0.15, 0.2) is 0 Å². The smallest absolute Gasteiger partial charge is 0.143 e. The van der Waals surface area contributed by atoms with Crippen molar-refractivity contribution >= 4 is 11.5 Å². The van der Waals surface area contributed by atoms with Gasteiger partial charge in [-0.3, -0.25) is 4.98 Å². The minimum absolute atomic E-state index is 0.757. The number of likely N-dealkylation sites (N-methyl/N-ethyl adjacent to an activating group) is 1. The van der Waals surface area contributed by atoms with Crippen LogP contribution in [0, 0.1) is 0 Å². The van der Waals surface area contributed by atoms with Gasteiger partial charge < -0.3 is 4.90 Å². The Bertz CT molecular complexity index is 392. The molecule has 0 bridgehead atoms. The first-order valence-electron chi connectivity index (χ1n) is 4.80. The molecule has 0 aromatic carbocycles. The summed E-state index contributed by atoms with van der Waals surface area (Å²) in [5, 5.41) is 4.24. The second-order valence-electron chi connectivity index (χ2n) is 3.62. The van der Waals surface area contributed by atoms with E-state index in [0.29, 0.717) is 0 Å². The molecule has 1 aliphatic heterocycles. The number of aliphatic imine (C=N–C) groups is 1. The quantitative estimate of drug-likeness (QED) is 0.731. The van der Waals surface area contributed by atoms with Crippen LogP contribution in [0.5, 0.6) is 0 Å². The average molecular weight is 201 g/mol. The molecule has 0 saturated heterocycles. The van der Waals surface area contributed by atoms with E-state index in [-0.39, 0.29) is 0 Å². The normalized spacial score (nSPS) is 14.9. The summed E-state index contributed by atoms with van der Waals surface area (Å²) in [6.45, 7) is 0.757. The maximum atomic E-state index is 4.41. The standard InChI is InChI=1S/C11H13N4/c1-15(2)8-11-13-7-10(14-11)9-5-3-4-6-12-9/h3-7H,8H2,1-2H3. The summed E-state index contributed by atoms with van der Waals surface area (Å²) < 4.78 is 0. The highest BCUT2D eigenvalue weighted by molar-refractivity contribution is 5.94. The third-order valence-electron chi connectivity index (χ3n) is 1.97. The lowest BCUT2D eigenvalue weighted by molar-refractivity contribution is 0.466. The van der Waals surface area contributed by atoms with E-state index < -0.39 is 0 Å². The number of hydrogen-bond acceptors (Lipinski definition) is 3. The van der Waals surface area contributed by atoms with Gasteiger partial charge in [0.2, 0.25) is 0 Å². The van der Waals surface area contributed by atoms with Crippen LogP contribution >= 0.6 is 0 Å². The van der Waals surface area contributed by atoms with Crippen LogP contribution in [-0.2, 0) is 0 Å². The van der Waals surface area contributed by atoms with Gasteiger partial charge in [-0.2, -0.15) is 0 Å². The Morgan fingerprint density at radius 3 is 2.80 bits per heavy atom. The van der Waals surface area contributed by atoms with Crippen molar-refractivity contribution < 1.29 is 0 Å². The van der Waals surface area contributed by atoms with Gasteiger partial charge >= 0.3 is 0 Å². The Balaban J connectivity index is 2.11. The van der Waals surface area contributed by atoms with Crippen LogP contribution in [0.4, 0.5) is 0 Å². The van der Waals surface area contributed by atoms with Crippen molar-refractivity contribution in [2.24, 2.45) is 4.99 Å². The molecule has 0 N–H and O–H groups in total. The van der Waals surface area contributed by atoms with Crippen molar-refractivity contribution in [3.63, 3.8) is 0 Å². The van der Waals surface area contributed by atoms with Gasteiger partial charge in [0.1, 0.15) is 11.5 Å². The predicted octanol–water partition coefficient (Wildman–Crippen LogP) is 0.958. The molecule has 0 aliphatic carbocycles. The molecule has 1 radical (unpaired) electrons. The molecular formula is C11H13N4. The van der Waals surface area contributed by atoms with Crippen LogP contribution in [-0.4, -0.2) is 36.4 Å². The first-order valence-corrected chi connectivity index (χ1v) is 4.80. The maximum absolute atomic E-state index is 4.41. The second-order valence-corrected chi connectivity index (χ2v) is 3.62. The fourth-order valence-corrected chi connectivity index (χ4v) is 1.33. The van der Waals surface area contributed by atoms with E-state index in [1.54, 1.807) is 12.4 Å². The summed E-state index contributed by atoms with van der Waals surface area (Å²) in [5.74, 6) is 0.834. The topological polar surface area (TPSA) is 42.6 Å². The van der Waals surface area contributed by atoms with E-state index in [1.165, 1.54) is 0 Å². The third-order valence-corrected chi connectivity index (χ3v) is 1.97. The van der Waals surface area contributed by atoms with Crippen molar-refractivity contribution in [2.75, 3.05) is 20.6 Å². The molecule has 0 amide bonds. The van der Waals surface area contributed by atoms with Crippen LogP contribution in [0.2, 0.25) is 0 Å². The van der Waals surface area contributed by atoms with Gasteiger partial charge in [-0.25, -0.2) is 10.3 Å². The summed E-state index contributed by atoms with van der Waals surface area (Å²) >= 11 is 0. The first kappa shape index (κ1) is 9.86. The van der Waals surface area contributed by atoms with Gasteiger partial charge in [0.25, 0.3) is 0 Å². The zero-order chi connectivity index (χ0) is 10.7. The Labute approximate surface area is 89.4 Å². The Hall–Kier alpha value is -1.68. The minimum Gasteiger partial charge on any atom is -0.302 e. The van der Waals surface area contributed by atoms with E-state index >= 15 is 0 Å². The molecular weight excluding hydrogens is 188 g/mol. The maximum Gasteiger partial charge on any atom is 0.143 e. The molecule has 0 saturated carbocycles. The zero-order valence-electron chi connectivity index (χ0n) is 8.88. The third kappa shape index (κ3) is 2.41. The van der Waals surface area contributed by atoms with Gasteiger partial charge in [0.05, 0.1) is 18.4 Å². The van der Waals surface area contributed by atoms with Crippen molar-refractivity contribution in [3.8, 4) is 0 Å². The van der Waals surface area contributed by atoms with E-state index in [2.05, 4.69) is 15.3 Å². The Kier molecular flexibility index (Phi) is 2.78. The number of hydrogen-bond donors (Lipinski definition) is 0. The van der Waals surface area contributed by atoms with Crippen molar-refractivity contribution in [3.05, 3.63) is 36.3 Å². The lowest BCUT2D eigenvalue weighted by Gasteiger charge is -2.07. The van der Waals surface area contributed by atoms with Crippen molar-refractivity contribution in [1.82, 2.24) is 15.2 Å². The molecule has 0 unspecified atom stereocenters. The lowest BCUT2D eigenvalue weighted by Crippen LogP contribution is -2.24. The van der Waals surface area contributed by atoms with Crippen LogP contribution in [0.15, 0.2) is 35.6 Å². The molecule has 0 atom stereocenters. The zero-order valence-corrected chi connectivity index (χ0v) is 8.88. The molecule has 0 spiro atoms. The van der Waals surface area contributed by atoms with Gasteiger partial charge in [-0.05, 0) is 26.2 Å². The highest BCUT2D eigenvalue weighted by atomic mass is 15.1. The van der Waals surface area contributed by atoms with Gasteiger partial charge in [-0.15, -0.1) is 0 Å². The molecule has 4 heteroatoms. The summed E-state index contributed by atoms with van der Waals surface area (Å²) in [6.07, 6.45) is 3.52. The van der Waals surface area contributed by atoms with E-state index in [9.17, 15) is 0 Å². The van der Waals surface area contributed by atoms with Crippen LogP contribution in [0.25, 0.3) is 5.70 Å². The Morgan fingerprint density at radius 2 is 2.13 bits per heavy atom. The van der Waals surface area contributed by atoms with Crippen LogP contribution < -0.4 is 5.32 Å². The number of aromatic nitrogens is 1. The number of amidine groups is 1. The highest BCUT2D eigenvalue weighted by Crippen LogP contribution is 2.15. The van der Waals surface area contributed by atoms with Gasteiger partial charge in [0, 0.05) is 6.20 Å². The summed E-state index contributed by atoms with van der Waals surface area (Å²) in [6, 6.07) is 5.77. The summed E-state index contributed by atoms with van der Waals surface area (Å²) in [7, 11) is 3.99. The molecule has 1 aromatic rings. The Morgan fingerprint density at radius 1 is 1.27 bits per heavy atom. The SMILES string of the molecule is CN(C)CC1=NC(c2ccccn2)=C[N]1. The highest BCUT2D eigenvalue weighted by Gasteiger charge is 2.12. The molecule has 2 heterocycles. The van der Waals surface area contributed by atoms with Crippen LogP contribution in [0.1, 0.15) is 5.69 Å². The second kappa shape index (κ2) is 4.23. The largest absolute Gasteiger partial charge is 0.302 e. The predicted molar refractivity (Wildman–Crippen MR) is 60.3 cm³/mol. The molecule has 77 valence electrons. The molecule has 2 rings (SSSR count). The lowest BCUT2D eigenvalue weighted by atomic mass is 10.3. The number of pyridine rings is 1. The van der Waals surface area contributed by atoms with Crippen molar-refractivity contribution in [1.29, 1.82) is 0 Å². The number of rotatable bonds is 3. The van der Waals surface area contributed by atoms with E-state index in [4.69, 9.17) is 0 Å². The van der Waals surface area contributed by atoms with Crippen molar-refractivity contribution in [2.45, 2.75) is 0 Å². The molecule has 4 nitrogen and oxygen atoms in total. The minimum atomic E-state index is 0.757. The molecule has 1 aliphatic rings.